The third-order valence-electron chi connectivity index (χ3n) is 3.43. The van der Waals surface area contributed by atoms with Gasteiger partial charge in [0.05, 0.1) is 18.3 Å². The number of carbonyl (C=O) groups excluding carboxylic acids is 1. The molecular weight excluding hydrogens is 262 g/mol. The third kappa shape index (κ3) is 4.39. The Labute approximate surface area is 125 Å². The summed E-state index contributed by atoms with van der Waals surface area (Å²) in [5, 5.41) is 2.87. The lowest BCUT2D eigenvalue weighted by Crippen LogP contribution is -2.41. The second kappa shape index (κ2) is 7.55. The molecule has 0 saturated heterocycles. The highest BCUT2D eigenvalue weighted by atomic mass is 16.2. The molecule has 0 fully saturated rings. The van der Waals surface area contributed by atoms with Gasteiger partial charge < -0.3 is 11.1 Å². The number of nitrogens with two attached hydrogens (primary N) is 1. The Balaban J connectivity index is 1.89. The van der Waals surface area contributed by atoms with Crippen molar-refractivity contribution in [1.29, 1.82) is 0 Å². The van der Waals surface area contributed by atoms with Crippen molar-refractivity contribution in [1.82, 2.24) is 10.3 Å². The van der Waals surface area contributed by atoms with Crippen LogP contribution in [0.15, 0.2) is 48.7 Å². The molecule has 1 heterocycles. The summed E-state index contributed by atoms with van der Waals surface area (Å²) in [5.41, 5.74) is 9.06. The van der Waals surface area contributed by atoms with Crippen LogP contribution in [0.25, 0.3) is 0 Å². The molecule has 110 valence electrons. The van der Waals surface area contributed by atoms with Gasteiger partial charge in [-0.05, 0) is 30.0 Å². The Morgan fingerprint density at radius 3 is 2.71 bits per heavy atom. The molecule has 2 aromatic rings. The van der Waals surface area contributed by atoms with Crippen LogP contribution in [0.5, 0.6) is 0 Å². The molecule has 0 spiro atoms. The molecule has 1 unspecified atom stereocenters. The van der Waals surface area contributed by atoms with Gasteiger partial charge in [-0.2, -0.15) is 0 Å². The molecule has 1 atom stereocenters. The van der Waals surface area contributed by atoms with E-state index in [2.05, 4.69) is 17.2 Å². The minimum absolute atomic E-state index is 0.147. The molecule has 0 aliphatic rings. The van der Waals surface area contributed by atoms with Gasteiger partial charge in [-0.1, -0.05) is 43.3 Å². The Hall–Kier alpha value is -2.20. The quantitative estimate of drug-likeness (QED) is 0.850. The smallest absolute Gasteiger partial charge is 0.237 e. The monoisotopic (exact) mass is 283 g/mol. The van der Waals surface area contributed by atoms with Gasteiger partial charge in [-0.15, -0.1) is 0 Å². The third-order valence-corrected chi connectivity index (χ3v) is 3.43. The number of aryl methyl sites for hydroxylation is 1. The number of benzene rings is 1. The van der Waals surface area contributed by atoms with Crippen LogP contribution in [0.1, 0.15) is 23.7 Å². The Kier molecular flexibility index (Phi) is 5.46. The summed E-state index contributed by atoms with van der Waals surface area (Å²) in [4.78, 5) is 16.4. The number of aromatic nitrogens is 1. The van der Waals surface area contributed by atoms with Gasteiger partial charge >= 0.3 is 0 Å². The number of rotatable bonds is 6. The van der Waals surface area contributed by atoms with Crippen LogP contribution in [-0.4, -0.2) is 16.9 Å². The predicted molar refractivity (Wildman–Crippen MR) is 83.6 cm³/mol. The first-order valence-electron chi connectivity index (χ1n) is 7.20. The summed E-state index contributed by atoms with van der Waals surface area (Å²) >= 11 is 0. The van der Waals surface area contributed by atoms with Crippen LogP contribution < -0.4 is 11.1 Å². The highest BCUT2D eigenvalue weighted by Gasteiger charge is 2.14. The predicted octanol–water partition coefficient (Wildman–Crippen LogP) is 1.83. The van der Waals surface area contributed by atoms with Crippen LogP contribution in [0.4, 0.5) is 0 Å². The minimum Gasteiger partial charge on any atom is -0.349 e. The van der Waals surface area contributed by atoms with Crippen molar-refractivity contribution in [2.24, 2.45) is 5.73 Å². The summed E-state index contributed by atoms with van der Waals surface area (Å²) in [6, 6.07) is 13.2. The van der Waals surface area contributed by atoms with Crippen LogP contribution in [0.2, 0.25) is 0 Å². The van der Waals surface area contributed by atoms with E-state index in [1.807, 2.05) is 42.5 Å². The van der Waals surface area contributed by atoms with Gasteiger partial charge in [0.1, 0.15) is 0 Å². The van der Waals surface area contributed by atoms with Crippen LogP contribution in [0, 0.1) is 0 Å². The largest absolute Gasteiger partial charge is 0.349 e. The maximum Gasteiger partial charge on any atom is 0.237 e. The molecule has 3 N–H and O–H groups in total. The first kappa shape index (κ1) is 15.2. The van der Waals surface area contributed by atoms with E-state index in [1.165, 1.54) is 0 Å². The second-order valence-electron chi connectivity index (χ2n) is 4.98. The molecule has 4 heteroatoms. The molecule has 21 heavy (non-hydrogen) atoms. The van der Waals surface area contributed by atoms with E-state index < -0.39 is 6.04 Å². The Morgan fingerprint density at radius 1 is 1.24 bits per heavy atom. The number of hydrogen-bond donors (Lipinski definition) is 2. The normalized spacial score (nSPS) is 11.9. The first-order valence-corrected chi connectivity index (χ1v) is 7.20. The second-order valence-corrected chi connectivity index (χ2v) is 4.98. The van der Waals surface area contributed by atoms with E-state index in [0.717, 1.165) is 23.2 Å². The topological polar surface area (TPSA) is 68.0 Å². The van der Waals surface area contributed by atoms with Crippen molar-refractivity contribution < 1.29 is 4.79 Å². The number of nitrogens with zero attached hydrogens (tertiary/aromatic N) is 1. The summed E-state index contributed by atoms with van der Waals surface area (Å²) in [7, 11) is 0. The zero-order valence-electron chi connectivity index (χ0n) is 12.3. The summed E-state index contributed by atoms with van der Waals surface area (Å²) in [6.07, 6.45) is 3.18. The maximum absolute atomic E-state index is 12.1. The van der Waals surface area contributed by atoms with Crippen molar-refractivity contribution in [2.45, 2.75) is 32.4 Å². The van der Waals surface area contributed by atoms with E-state index >= 15 is 0 Å². The van der Waals surface area contributed by atoms with Crippen LogP contribution in [-0.2, 0) is 24.2 Å². The van der Waals surface area contributed by atoms with Gasteiger partial charge in [0, 0.05) is 6.20 Å². The van der Waals surface area contributed by atoms with E-state index in [1.54, 1.807) is 6.20 Å². The van der Waals surface area contributed by atoms with Crippen molar-refractivity contribution in [3.05, 3.63) is 65.5 Å². The summed E-state index contributed by atoms with van der Waals surface area (Å²) in [6.45, 7) is 2.49. The average molecular weight is 283 g/mol. The highest BCUT2D eigenvalue weighted by molar-refractivity contribution is 5.81. The SMILES string of the molecule is CCc1cccnc1CNC(=O)C(N)Cc1ccccc1. The highest BCUT2D eigenvalue weighted by Crippen LogP contribution is 2.06. The fourth-order valence-corrected chi connectivity index (χ4v) is 2.22. The lowest BCUT2D eigenvalue weighted by molar-refractivity contribution is -0.122. The molecule has 2 rings (SSSR count). The number of hydrogen-bond acceptors (Lipinski definition) is 3. The van der Waals surface area contributed by atoms with Gasteiger partial charge in [-0.3, -0.25) is 9.78 Å². The van der Waals surface area contributed by atoms with Crippen molar-refractivity contribution in [3.63, 3.8) is 0 Å². The number of pyridine rings is 1. The minimum atomic E-state index is -0.541. The zero-order chi connectivity index (χ0) is 15.1. The molecule has 4 nitrogen and oxygen atoms in total. The van der Waals surface area contributed by atoms with Crippen LogP contribution >= 0.6 is 0 Å². The van der Waals surface area contributed by atoms with Crippen molar-refractivity contribution in [2.75, 3.05) is 0 Å². The van der Waals surface area contributed by atoms with E-state index in [4.69, 9.17) is 5.73 Å². The van der Waals surface area contributed by atoms with Crippen molar-refractivity contribution in [3.8, 4) is 0 Å². The molecule has 1 amide bonds. The average Bonchev–Trinajstić information content (AvgIpc) is 2.53. The Morgan fingerprint density at radius 2 is 2.00 bits per heavy atom. The van der Waals surface area contributed by atoms with E-state index in [9.17, 15) is 4.79 Å². The Bertz CT molecular complexity index is 584. The summed E-state index contributed by atoms with van der Waals surface area (Å²) in [5.74, 6) is -0.147. The molecule has 0 aliphatic carbocycles. The van der Waals surface area contributed by atoms with Gasteiger partial charge in [0.2, 0.25) is 5.91 Å². The lowest BCUT2D eigenvalue weighted by Gasteiger charge is -2.13. The van der Waals surface area contributed by atoms with Gasteiger partial charge in [0.15, 0.2) is 0 Å². The molecule has 0 radical (unpaired) electrons. The van der Waals surface area contributed by atoms with Gasteiger partial charge in [-0.25, -0.2) is 0 Å². The number of carbonyl (C=O) groups is 1. The standard InChI is InChI=1S/C17H21N3O/c1-2-14-9-6-10-19-16(14)12-20-17(21)15(18)11-13-7-4-3-5-8-13/h3-10,15H,2,11-12,18H2,1H3,(H,20,21). The van der Waals surface area contributed by atoms with E-state index in [0.29, 0.717) is 13.0 Å². The molecular formula is C17H21N3O. The molecule has 0 bridgehead atoms. The van der Waals surface area contributed by atoms with E-state index in [-0.39, 0.29) is 5.91 Å². The molecule has 1 aromatic carbocycles. The molecule has 1 aromatic heterocycles. The number of amides is 1. The zero-order valence-corrected chi connectivity index (χ0v) is 12.3. The maximum atomic E-state index is 12.1. The molecule has 0 aliphatic heterocycles. The fraction of sp³-hybridized carbons (Fsp3) is 0.294. The molecule has 0 saturated carbocycles. The number of nitrogens with one attached hydrogen (secondary N) is 1. The summed E-state index contributed by atoms with van der Waals surface area (Å²) < 4.78 is 0. The van der Waals surface area contributed by atoms with Crippen LogP contribution in [0.3, 0.4) is 0 Å². The fourth-order valence-electron chi connectivity index (χ4n) is 2.22. The van der Waals surface area contributed by atoms with Gasteiger partial charge in [0.25, 0.3) is 0 Å². The van der Waals surface area contributed by atoms with Crippen molar-refractivity contribution >= 4 is 5.91 Å². The lowest BCUT2D eigenvalue weighted by atomic mass is 10.1. The first-order chi connectivity index (χ1) is 10.2.